The van der Waals surface area contributed by atoms with E-state index in [0.717, 1.165) is 15.7 Å². The molecule has 2 aromatic carbocycles. The maximum Gasteiger partial charge on any atom is 0.264 e. The van der Waals surface area contributed by atoms with E-state index >= 15 is 0 Å². The normalized spacial score (nSPS) is 17.0. The number of halogens is 1. The van der Waals surface area contributed by atoms with Gasteiger partial charge in [0.1, 0.15) is 5.75 Å². The summed E-state index contributed by atoms with van der Waals surface area (Å²) in [6.07, 6.45) is 1.03. The fourth-order valence-electron chi connectivity index (χ4n) is 3.69. The van der Waals surface area contributed by atoms with Crippen molar-refractivity contribution in [2.24, 2.45) is 0 Å². The van der Waals surface area contributed by atoms with Gasteiger partial charge in [0.25, 0.3) is 5.91 Å². The lowest BCUT2D eigenvalue weighted by molar-refractivity contribution is -0.121. The summed E-state index contributed by atoms with van der Waals surface area (Å²) < 4.78 is 6.37. The number of benzene rings is 2. The number of anilines is 2. The molecule has 1 unspecified atom stereocenters. The molecule has 0 spiro atoms. The molecule has 0 radical (unpaired) electrons. The second-order valence-electron chi connectivity index (χ2n) is 7.00. The van der Waals surface area contributed by atoms with Crippen LogP contribution in [0.1, 0.15) is 29.3 Å². The molecule has 7 heteroatoms. The van der Waals surface area contributed by atoms with Crippen LogP contribution in [0.4, 0.5) is 11.4 Å². The van der Waals surface area contributed by atoms with Gasteiger partial charge in [-0.1, -0.05) is 15.9 Å². The first-order valence-electron chi connectivity index (χ1n) is 9.05. The van der Waals surface area contributed by atoms with E-state index in [4.69, 9.17) is 4.74 Å². The van der Waals surface area contributed by atoms with Gasteiger partial charge in [-0.3, -0.25) is 14.4 Å². The summed E-state index contributed by atoms with van der Waals surface area (Å²) >= 11 is 3.46. The molecule has 4 rings (SSSR count). The number of hydrogen-bond acceptors (Lipinski definition) is 4. The summed E-state index contributed by atoms with van der Waals surface area (Å²) in [5.41, 5.74) is 2.81. The zero-order valence-corrected chi connectivity index (χ0v) is 17.2. The van der Waals surface area contributed by atoms with Crippen LogP contribution in [0.15, 0.2) is 40.9 Å². The molecule has 0 aromatic heterocycles. The van der Waals surface area contributed by atoms with Crippen LogP contribution in [0.3, 0.4) is 0 Å². The van der Waals surface area contributed by atoms with Crippen molar-refractivity contribution in [1.82, 2.24) is 0 Å². The number of amides is 2. The minimum Gasteiger partial charge on any atom is -0.482 e. The van der Waals surface area contributed by atoms with Gasteiger partial charge >= 0.3 is 0 Å². The molecule has 144 valence electrons. The fourth-order valence-corrected chi connectivity index (χ4v) is 4.10. The zero-order valence-electron chi connectivity index (χ0n) is 15.6. The lowest BCUT2D eigenvalue weighted by atomic mass is 9.96. The predicted molar refractivity (Wildman–Crippen MR) is 109 cm³/mol. The Kier molecular flexibility index (Phi) is 4.71. The minimum atomic E-state index is -0.656. The molecule has 2 aliphatic rings. The number of ether oxygens (including phenoxy) is 1. The number of rotatable bonds is 3. The molecule has 28 heavy (non-hydrogen) atoms. The van der Waals surface area contributed by atoms with Crippen LogP contribution in [0.2, 0.25) is 0 Å². The third kappa shape index (κ3) is 3.09. The summed E-state index contributed by atoms with van der Waals surface area (Å²) in [7, 11) is 1.66. The number of likely N-dealkylation sites (N-methyl/N-ethyl adjacent to an activating group) is 1. The molecule has 0 saturated carbocycles. The Morgan fingerprint density at radius 3 is 2.64 bits per heavy atom. The number of ketones is 1. The van der Waals surface area contributed by atoms with Gasteiger partial charge < -0.3 is 14.5 Å². The van der Waals surface area contributed by atoms with Crippen LogP contribution in [0.25, 0.3) is 0 Å². The molecule has 2 aromatic rings. The highest BCUT2D eigenvalue weighted by molar-refractivity contribution is 9.10. The molecule has 0 fully saturated rings. The van der Waals surface area contributed by atoms with E-state index in [1.807, 2.05) is 18.2 Å². The highest BCUT2D eigenvalue weighted by Crippen LogP contribution is 2.35. The molecule has 0 N–H and O–H groups in total. The van der Waals surface area contributed by atoms with E-state index in [0.29, 0.717) is 29.8 Å². The quantitative estimate of drug-likeness (QED) is 0.683. The van der Waals surface area contributed by atoms with Gasteiger partial charge in [-0.25, -0.2) is 0 Å². The van der Waals surface area contributed by atoms with E-state index < -0.39 is 6.04 Å². The third-order valence-corrected chi connectivity index (χ3v) is 5.77. The number of aryl methyl sites for hydroxylation is 1. The fraction of sp³-hybridized carbons (Fsp3) is 0.286. The first-order valence-corrected chi connectivity index (χ1v) is 9.84. The Morgan fingerprint density at radius 1 is 1.07 bits per heavy atom. The van der Waals surface area contributed by atoms with Crippen molar-refractivity contribution in [2.75, 3.05) is 23.5 Å². The molecular formula is C21H19BrN2O4. The topological polar surface area (TPSA) is 66.9 Å². The summed E-state index contributed by atoms with van der Waals surface area (Å²) in [5.74, 6) is 0.147. The maximum absolute atomic E-state index is 13.2. The molecule has 6 nitrogen and oxygen atoms in total. The van der Waals surface area contributed by atoms with E-state index in [-0.39, 0.29) is 24.2 Å². The van der Waals surface area contributed by atoms with Gasteiger partial charge in [-0.05, 0) is 55.3 Å². The van der Waals surface area contributed by atoms with Crippen molar-refractivity contribution < 1.29 is 19.1 Å². The Morgan fingerprint density at radius 2 is 1.86 bits per heavy atom. The van der Waals surface area contributed by atoms with Crippen LogP contribution in [-0.4, -0.2) is 37.3 Å². The number of fused-ring (bicyclic) bond motifs is 2. The van der Waals surface area contributed by atoms with Crippen LogP contribution in [0, 0.1) is 0 Å². The van der Waals surface area contributed by atoms with Gasteiger partial charge in [0.2, 0.25) is 5.91 Å². The van der Waals surface area contributed by atoms with Gasteiger partial charge in [-0.2, -0.15) is 0 Å². The van der Waals surface area contributed by atoms with Gasteiger partial charge in [-0.15, -0.1) is 0 Å². The largest absolute Gasteiger partial charge is 0.482 e. The average molecular weight is 443 g/mol. The first kappa shape index (κ1) is 18.7. The number of hydrogen-bond donors (Lipinski definition) is 0. The van der Waals surface area contributed by atoms with E-state index in [1.54, 1.807) is 37.1 Å². The lowest BCUT2D eigenvalue weighted by Gasteiger charge is -2.34. The Balaban J connectivity index is 1.68. The van der Waals surface area contributed by atoms with Crippen molar-refractivity contribution in [3.8, 4) is 5.75 Å². The van der Waals surface area contributed by atoms with Gasteiger partial charge in [0.15, 0.2) is 12.4 Å². The molecule has 2 aliphatic heterocycles. The smallest absolute Gasteiger partial charge is 0.264 e. The highest BCUT2D eigenvalue weighted by Gasteiger charge is 2.33. The third-order valence-electron chi connectivity index (χ3n) is 5.27. The van der Waals surface area contributed by atoms with E-state index in [2.05, 4.69) is 15.9 Å². The van der Waals surface area contributed by atoms with Gasteiger partial charge in [0, 0.05) is 29.2 Å². The van der Waals surface area contributed by atoms with Crippen LogP contribution < -0.4 is 14.5 Å². The number of carbonyl (C=O) groups excluding carboxylic acids is 3. The number of Topliss-reactive ketones (excluding diaryl/α,β-unsaturated/α-hetero) is 1. The zero-order chi connectivity index (χ0) is 20.0. The van der Waals surface area contributed by atoms with Gasteiger partial charge in [0.05, 0.1) is 11.7 Å². The predicted octanol–water partition coefficient (Wildman–Crippen LogP) is 3.35. The Labute approximate surface area is 171 Å². The van der Waals surface area contributed by atoms with E-state index in [1.165, 1.54) is 4.90 Å². The van der Waals surface area contributed by atoms with E-state index in [9.17, 15) is 14.4 Å². The highest BCUT2D eigenvalue weighted by atomic mass is 79.9. The van der Waals surface area contributed by atoms with Crippen molar-refractivity contribution >= 4 is 44.9 Å². The number of nitrogens with zero attached hydrogens (tertiary/aromatic N) is 2. The van der Waals surface area contributed by atoms with Crippen LogP contribution in [0.5, 0.6) is 5.75 Å². The van der Waals surface area contributed by atoms with Crippen LogP contribution in [-0.2, 0) is 16.0 Å². The number of carbonyl (C=O) groups is 3. The molecule has 0 aliphatic carbocycles. The summed E-state index contributed by atoms with van der Waals surface area (Å²) in [6.45, 7) is 1.73. The Bertz CT molecular complexity index is 1000. The van der Waals surface area contributed by atoms with Crippen molar-refractivity contribution in [2.45, 2.75) is 25.8 Å². The molecular weight excluding hydrogens is 424 g/mol. The molecule has 1 atom stereocenters. The summed E-state index contributed by atoms with van der Waals surface area (Å²) in [6, 6.07) is 10.1. The molecule has 2 amide bonds. The standard InChI is InChI=1S/C21H19BrN2O4/c1-12(24-16-6-5-15(22)9-13(16)4-8-19(24)25)21(27)14-3-7-18-17(10-14)23(2)20(26)11-28-18/h3,5-7,9-10,12H,4,8,11H2,1-2H3. The molecule has 0 bridgehead atoms. The summed E-state index contributed by atoms with van der Waals surface area (Å²) in [5, 5.41) is 0. The summed E-state index contributed by atoms with van der Waals surface area (Å²) in [4.78, 5) is 40.8. The molecule has 2 heterocycles. The maximum atomic E-state index is 13.2. The minimum absolute atomic E-state index is 0.0121. The van der Waals surface area contributed by atoms with Crippen molar-refractivity contribution in [3.63, 3.8) is 0 Å². The lowest BCUT2D eigenvalue weighted by Crippen LogP contribution is -2.46. The second kappa shape index (κ2) is 7.05. The Hall–Kier alpha value is -2.67. The first-order chi connectivity index (χ1) is 13.4. The monoisotopic (exact) mass is 442 g/mol. The van der Waals surface area contributed by atoms with Crippen molar-refractivity contribution in [1.29, 1.82) is 0 Å². The average Bonchev–Trinajstić information content (AvgIpc) is 2.69. The molecule has 0 saturated heterocycles. The van der Waals surface area contributed by atoms with Crippen molar-refractivity contribution in [3.05, 3.63) is 52.0 Å². The van der Waals surface area contributed by atoms with Crippen LogP contribution >= 0.6 is 15.9 Å². The second-order valence-corrected chi connectivity index (χ2v) is 7.92. The SMILES string of the molecule is CC(C(=O)c1ccc2c(c1)N(C)C(=O)CO2)N1C(=O)CCc2cc(Br)ccc21.